The van der Waals surface area contributed by atoms with E-state index in [0.29, 0.717) is 12.2 Å². The number of halogens is 3. The highest BCUT2D eigenvalue weighted by atomic mass is 32.2. The van der Waals surface area contributed by atoms with Gasteiger partial charge in [0.25, 0.3) is 0 Å². The third kappa shape index (κ3) is 9.63. The first-order chi connectivity index (χ1) is 5.06. The highest BCUT2D eigenvalue weighted by molar-refractivity contribution is 8.03. The van der Waals surface area contributed by atoms with Crippen molar-refractivity contribution in [2.45, 2.75) is 25.4 Å². The molecule has 0 aromatic rings. The van der Waals surface area contributed by atoms with Crippen molar-refractivity contribution in [2.75, 3.05) is 5.75 Å². The fourth-order valence-corrected chi connectivity index (χ4v) is 0.985. The molecule has 0 aliphatic heterocycles. The van der Waals surface area contributed by atoms with Crippen molar-refractivity contribution in [1.82, 2.24) is 0 Å². The van der Waals surface area contributed by atoms with Crippen molar-refractivity contribution in [1.29, 1.82) is 5.26 Å². The lowest BCUT2D eigenvalue weighted by Gasteiger charge is -2.03. The number of alkyl halides is 3. The van der Waals surface area contributed by atoms with Gasteiger partial charge in [-0.1, -0.05) is 0 Å². The van der Waals surface area contributed by atoms with Crippen molar-refractivity contribution < 1.29 is 13.2 Å². The maximum Gasteiger partial charge on any atom is 0.389 e. The van der Waals surface area contributed by atoms with E-state index in [9.17, 15) is 13.2 Å². The van der Waals surface area contributed by atoms with Crippen LogP contribution in [0.1, 0.15) is 19.3 Å². The Morgan fingerprint density at radius 3 is 2.36 bits per heavy atom. The van der Waals surface area contributed by atoms with Crippen LogP contribution in [0.5, 0.6) is 0 Å². The van der Waals surface area contributed by atoms with Crippen molar-refractivity contribution in [3.05, 3.63) is 0 Å². The number of nitrogens with zero attached hydrogens (tertiary/aromatic N) is 1. The molecule has 0 aromatic carbocycles. The van der Waals surface area contributed by atoms with E-state index in [1.54, 1.807) is 5.40 Å². The molecule has 0 saturated heterocycles. The van der Waals surface area contributed by atoms with Gasteiger partial charge in [-0.2, -0.15) is 18.4 Å². The molecule has 0 N–H and O–H groups in total. The topological polar surface area (TPSA) is 23.8 Å². The summed E-state index contributed by atoms with van der Waals surface area (Å²) < 4.78 is 34.5. The van der Waals surface area contributed by atoms with E-state index in [1.807, 2.05) is 0 Å². The smallest absolute Gasteiger partial charge is 0.185 e. The first kappa shape index (κ1) is 10.6. The van der Waals surface area contributed by atoms with Gasteiger partial charge in [0.15, 0.2) is 0 Å². The summed E-state index contributed by atoms with van der Waals surface area (Å²) in [4.78, 5) is 0. The maximum absolute atomic E-state index is 11.5. The molecule has 11 heavy (non-hydrogen) atoms. The largest absolute Gasteiger partial charge is 0.389 e. The third-order valence-corrected chi connectivity index (χ3v) is 1.64. The standard InChI is InChI=1S/C6H8F3NS/c7-6(8,9)3-1-2-4-11-5-10/h1-4H2. The van der Waals surface area contributed by atoms with Crippen molar-refractivity contribution in [3.63, 3.8) is 0 Å². The number of hydrogen-bond donors (Lipinski definition) is 0. The van der Waals surface area contributed by atoms with Gasteiger partial charge in [-0.3, -0.25) is 0 Å². The van der Waals surface area contributed by atoms with E-state index in [4.69, 9.17) is 5.26 Å². The fraction of sp³-hybridized carbons (Fsp3) is 0.833. The molecular weight excluding hydrogens is 175 g/mol. The Bertz CT molecular complexity index is 138. The van der Waals surface area contributed by atoms with E-state index in [0.717, 1.165) is 11.8 Å². The Kier molecular flexibility index (Phi) is 5.12. The van der Waals surface area contributed by atoms with Crippen LogP contribution in [0.3, 0.4) is 0 Å². The summed E-state index contributed by atoms with van der Waals surface area (Å²) in [5.41, 5.74) is 0. The van der Waals surface area contributed by atoms with Crippen LogP contribution in [0.2, 0.25) is 0 Å². The van der Waals surface area contributed by atoms with Gasteiger partial charge in [0, 0.05) is 12.2 Å². The molecule has 0 atom stereocenters. The molecule has 0 saturated carbocycles. The Morgan fingerprint density at radius 2 is 1.91 bits per heavy atom. The number of unbranched alkanes of at least 4 members (excludes halogenated alkanes) is 1. The zero-order valence-corrected chi connectivity index (χ0v) is 6.63. The molecule has 5 heteroatoms. The quantitative estimate of drug-likeness (QED) is 0.494. The molecule has 0 aliphatic carbocycles. The minimum absolute atomic E-state index is 0.123. The SMILES string of the molecule is N#CSCCCCC(F)(F)F. The second-order valence-corrected chi connectivity index (χ2v) is 2.89. The van der Waals surface area contributed by atoms with Gasteiger partial charge in [-0.15, -0.1) is 0 Å². The number of rotatable bonds is 4. The van der Waals surface area contributed by atoms with E-state index in [2.05, 4.69) is 0 Å². The monoisotopic (exact) mass is 183 g/mol. The van der Waals surface area contributed by atoms with Gasteiger partial charge in [0.2, 0.25) is 0 Å². The molecule has 0 aliphatic rings. The minimum Gasteiger partial charge on any atom is -0.185 e. The second-order valence-electron chi connectivity index (χ2n) is 2.01. The molecular formula is C6H8F3NS. The predicted octanol–water partition coefficient (Wildman–Crippen LogP) is 2.93. The molecule has 0 aromatic heterocycles. The van der Waals surface area contributed by atoms with Crippen LogP contribution < -0.4 is 0 Å². The summed E-state index contributed by atoms with van der Waals surface area (Å²) in [6.45, 7) is 0. The molecule has 0 amide bonds. The number of thiocyanates is 1. The zero-order valence-electron chi connectivity index (χ0n) is 5.82. The lowest BCUT2D eigenvalue weighted by Crippen LogP contribution is -2.06. The molecule has 0 heterocycles. The van der Waals surface area contributed by atoms with Gasteiger partial charge in [-0.25, -0.2) is 0 Å². The van der Waals surface area contributed by atoms with Crippen LogP contribution in [0.15, 0.2) is 0 Å². The Morgan fingerprint density at radius 1 is 1.27 bits per heavy atom. The van der Waals surface area contributed by atoms with Crippen LogP contribution in [-0.2, 0) is 0 Å². The van der Waals surface area contributed by atoms with Crippen LogP contribution in [0.4, 0.5) is 13.2 Å². The highest BCUT2D eigenvalue weighted by Crippen LogP contribution is 2.22. The van der Waals surface area contributed by atoms with E-state index in [-0.39, 0.29) is 6.42 Å². The maximum atomic E-state index is 11.5. The number of hydrogen-bond acceptors (Lipinski definition) is 2. The highest BCUT2D eigenvalue weighted by Gasteiger charge is 2.25. The molecule has 0 unspecified atom stereocenters. The Labute approximate surface area is 67.6 Å². The van der Waals surface area contributed by atoms with Crippen molar-refractivity contribution in [2.24, 2.45) is 0 Å². The zero-order chi connectivity index (χ0) is 8.74. The molecule has 1 nitrogen and oxygen atoms in total. The second kappa shape index (κ2) is 5.30. The van der Waals surface area contributed by atoms with Gasteiger partial charge in [-0.05, 0) is 24.6 Å². The van der Waals surface area contributed by atoms with Crippen molar-refractivity contribution in [3.8, 4) is 5.40 Å². The van der Waals surface area contributed by atoms with Gasteiger partial charge in [0.05, 0.1) is 0 Å². The summed E-state index contributed by atoms with van der Waals surface area (Å²) in [6, 6.07) is 0. The molecule has 0 bridgehead atoms. The third-order valence-electron chi connectivity index (χ3n) is 1.02. The van der Waals surface area contributed by atoms with Crippen LogP contribution in [0, 0.1) is 10.7 Å². The lowest BCUT2D eigenvalue weighted by atomic mass is 10.2. The normalized spacial score (nSPS) is 11.1. The van der Waals surface area contributed by atoms with Gasteiger partial charge in [0.1, 0.15) is 5.40 Å². The fourth-order valence-electron chi connectivity index (χ4n) is 0.545. The Hall–Kier alpha value is -0.370. The minimum atomic E-state index is -4.04. The molecule has 64 valence electrons. The van der Waals surface area contributed by atoms with Crippen LogP contribution in [-0.4, -0.2) is 11.9 Å². The van der Waals surface area contributed by atoms with E-state index >= 15 is 0 Å². The summed E-state index contributed by atoms with van der Waals surface area (Å²) >= 11 is 0.997. The Balaban J connectivity index is 3.10. The van der Waals surface area contributed by atoms with E-state index < -0.39 is 12.6 Å². The molecule has 0 spiro atoms. The van der Waals surface area contributed by atoms with Gasteiger partial charge >= 0.3 is 6.18 Å². The summed E-state index contributed by atoms with van der Waals surface area (Å²) in [7, 11) is 0. The van der Waals surface area contributed by atoms with E-state index in [1.165, 1.54) is 0 Å². The molecule has 0 rings (SSSR count). The van der Waals surface area contributed by atoms with Crippen molar-refractivity contribution >= 4 is 11.8 Å². The number of nitriles is 1. The van der Waals surface area contributed by atoms with Crippen LogP contribution in [0.25, 0.3) is 0 Å². The predicted molar refractivity (Wildman–Crippen MR) is 38.0 cm³/mol. The summed E-state index contributed by atoms with van der Waals surface area (Å²) in [5, 5.41) is 9.82. The molecule has 0 radical (unpaired) electrons. The average Bonchev–Trinajstić information content (AvgIpc) is 1.85. The van der Waals surface area contributed by atoms with Gasteiger partial charge < -0.3 is 0 Å². The number of thioether (sulfide) groups is 1. The lowest BCUT2D eigenvalue weighted by molar-refractivity contribution is -0.135. The average molecular weight is 183 g/mol. The first-order valence-electron chi connectivity index (χ1n) is 3.14. The molecule has 0 fully saturated rings. The summed E-state index contributed by atoms with van der Waals surface area (Å²) in [6.07, 6.45) is -4.20. The summed E-state index contributed by atoms with van der Waals surface area (Å²) in [5.74, 6) is 0.493. The van der Waals surface area contributed by atoms with Crippen LogP contribution >= 0.6 is 11.8 Å². The first-order valence-corrected chi connectivity index (χ1v) is 4.12.